The molecule has 22 heavy (non-hydrogen) atoms. The van der Waals surface area contributed by atoms with Crippen LogP contribution in [0.2, 0.25) is 0 Å². The summed E-state index contributed by atoms with van der Waals surface area (Å²) in [5.74, 6) is -5.69. The Bertz CT molecular complexity index is 497. The second-order valence-corrected chi connectivity index (χ2v) is 8.01. The van der Waals surface area contributed by atoms with Crippen LogP contribution < -0.4 is 4.72 Å². The maximum atomic E-state index is 12.7. The third kappa shape index (κ3) is 4.85. The van der Waals surface area contributed by atoms with Crippen LogP contribution in [0.3, 0.4) is 0 Å². The Morgan fingerprint density at radius 2 is 1.91 bits per heavy atom. The fourth-order valence-corrected chi connectivity index (χ4v) is 4.47. The average molecular weight is 341 g/mol. The molecule has 1 heterocycles. The van der Waals surface area contributed by atoms with E-state index in [4.69, 9.17) is 4.74 Å². The van der Waals surface area contributed by atoms with Gasteiger partial charge in [0.2, 0.25) is 15.9 Å². The van der Waals surface area contributed by atoms with Crippen molar-refractivity contribution in [3.8, 4) is 0 Å². The molecule has 0 aromatic heterocycles. The molecule has 1 aliphatic heterocycles. The van der Waals surface area contributed by atoms with Gasteiger partial charge in [-0.2, -0.15) is 0 Å². The largest absolute Gasteiger partial charge is 0.481 e. The van der Waals surface area contributed by atoms with E-state index in [9.17, 15) is 27.1 Å². The number of alkyl halides is 2. The summed E-state index contributed by atoms with van der Waals surface area (Å²) in [6.07, 6.45) is 0.313. The van der Waals surface area contributed by atoms with Crippen LogP contribution in [-0.2, 0) is 19.6 Å². The summed E-state index contributed by atoms with van der Waals surface area (Å²) in [6, 6.07) is 0. The first-order chi connectivity index (χ1) is 10.2. The molecule has 1 aliphatic carbocycles. The van der Waals surface area contributed by atoms with Crippen LogP contribution in [-0.4, -0.2) is 50.9 Å². The van der Waals surface area contributed by atoms with Gasteiger partial charge in [0.05, 0.1) is 11.7 Å². The normalized spacial score (nSPS) is 24.6. The monoisotopic (exact) mass is 341 g/mol. The van der Waals surface area contributed by atoms with E-state index < -0.39 is 46.6 Å². The number of sulfonamides is 1. The molecule has 0 radical (unpaired) electrons. The van der Waals surface area contributed by atoms with E-state index >= 15 is 0 Å². The average Bonchev–Trinajstić information content (AvgIpc) is 2.37. The predicted octanol–water partition coefficient (Wildman–Crippen LogP) is 1.08. The Morgan fingerprint density at radius 3 is 2.41 bits per heavy atom. The smallest absolute Gasteiger partial charge is 0.308 e. The number of hydrogen-bond acceptors (Lipinski definition) is 4. The van der Waals surface area contributed by atoms with Gasteiger partial charge in [-0.05, 0) is 24.7 Å². The van der Waals surface area contributed by atoms with Gasteiger partial charge in [-0.15, -0.1) is 0 Å². The minimum atomic E-state index is -3.74. The molecule has 2 N–H and O–H groups in total. The lowest BCUT2D eigenvalue weighted by Crippen LogP contribution is -2.44. The molecule has 6 nitrogen and oxygen atoms in total. The van der Waals surface area contributed by atoms with E-state index in [1.165, 1.54) is 0 Å². The maximum absolute atomic E-state index is 12.7. The van der Waals surface area contributed by atoms with Crippen LogP contribution in [0, 0.1) is 17.8 Å². The molecule has 2 fully saturated rings. The molecule has 0 amide bonds. The van der Waals surface area contributed by atoms with Gasteiger partial charge in [0.1, 0.15) is 0 Å². The van der Waals surface area contributed by atoms with Gasteiger partial charge in [0.25, 0.3) is 0 Å². The van der Waals surface area contributed by atoms with E-state index in [1.54, 1.807) is 0 Å². The van der Waals surface area contributed by atoms with Crippen LogP contribution in [0.25, 0.3) is 0 Å². The van der Waals surface area contributed by atoms with Crippen LogP contribution in [0.1, 0.15) is 25.7 Å². The van der Waals surface area contributed by atoms with Crippen molar-refractivity contribution in [2.45, 2.75) is 31.6 Å². The second-order valence-electron chi connectivity index (χ2n) is 6.15. The molecule has 1 atom stereocenters. The highest BCUT2D eigenvalue weighted by Gasteiger charge is 2.46. The van der Waals surface area contributed by atoms with Gasteiger partial charge in [0.15, 0.2) is 0 Å². The van der Waals surface area contributed by atoms with Gasteiger partial charge in [-0.1, -0.05) is 0 Å². The minimum absolute atomic E-state index is 0.137. The van der Waals surface area contributed by atoms with Crippen LogP contribution >= 0.6 is 0 Å². The Morgan fingerprint density at radius 1 is 1.32 bits per heavy atom. The second kappa shape index (κ2) is 6.76. The highest BCUT2D eigenvalue weighted by Crippen LogP contribution is 2.42. The third-order valence-corrected chi connectivity index (χ3v) is 5.82. The van der Waals surface area contributed by atoms with Crippen molar-refractivity contribution in [3.05, 3.63) is 0 Å². The van der Waals surface area contributed by atoms with Crippen molar-refractivity contribution in [2.24, 2.45) is 17.8 Å². The first-order valence-electron chi connectivity index (χ1n) is 7.34. The zero-order valence-corrected chi connectivity index (χ0v) is 12.9. The van der Waals surface area contributed by atoms with E-state index in [2.05, 4.69) is 4.72 Å². The Kier molecular flexibility index (Phi) is 5.39. The summed E-state index contributed by atoms with van der Waals surface area (Å²) in [4.78, 5) is 11.3. The number of hydrogen-bond donors (Lipinski definition) is 2. The quantitative estimate of drug-likeness (QED) is 0.723. The molecule has 1 saturated carbocycles. The van der Waals surface area contributed by atoms with Gasteiger partial charge in [0, 0.05) is 32.6 Å². The summed E-state index contributed by atoms with van der Waals surface area (Å²) in [6.45, 7) is 0.738. The summed E-state index contributed by atoms with van der Waals surface area (Å²) >= 11 is 0. The molecule has 1 unspecified atom stereocenters. The summed E-state index contributed by atoms with van der Waals surface area (Å²) in [5.41, 5.74) is 0. The first kappa shape index (κ1) is 17.6. The van der Waals surface area contributed by atoms with Crippen molar-refractivity contribution in [2.75, 3.05) is 25.5 Å². The Balaban J connectivity index is 1.84. The third-order valence-electron chi connectivity index (χ3n) is 4.31. The molecule has 0 spiro atoms. The number of nitrogens with one attached hydrogen (secondary N) is 1. The standard InChI is InChI=1S/C13H21F2NO5S/c14-13(15)5-9(6-13)8-22(19,20)16-7-11(12(17)18)10-1-3-21-4-2-10/h9-11,16H,1-8H2,(H,17,18). The number of carbonyl (C=O) groups is 1. The van der Waals surface area contributed by atoms with Crippen molar-refractivity contribution in [1.82, 2.24) is 4.72 Å². The van der Waals surface area contributed by atoms with Crippen LogP contribution in [0.15, 0.2) is 0 Å². The number of aliphatic carboxylic acids is 1. The van der Waals surface area contributed by atoms with E-state index in [0.717, 1.165) is 0 Å². The summed E-state index contributed by atoms with van der Waals surface area (Å²) < 4.78 is 56.6. The van der Waals surface area contributed by atoms with Gasteiger partial charge in [-0.25, -0.2) is 21.9 Å². The number of carboxylic acids is 1. The molecule has 2 rings (SSSR count). The topological polar surface area (TPSA) is 92.7 Å². The zero-order valence-electron chi connectivity index (χ0n) is 12.1. The summed E-state index contributed by atoms with van der Waals surface area (Å²) in [5, 5.41) is 9.26. The van der Waals surface area contributed by atoms with Crippen molar-refractivity contribution in [1.29, 1.82) is 0 Å². The lowest BCUT2D eigenvalue weighted by Gasteiger charge is -2.34. The van der Waals surface area contributed by atoms with Gasteiger partial charge in [-0.3, -0.25) is 4.79 Å². The lowest BCUT2D eigenvalue weighted by atomic mass is 9.83. The molecule has 0 bridgehead atoms. The molecule has 128 valence electrons. The van der Waals surface area contributed by atoms with Crippen LogP contribution in [0.4, 0.5) is 8.78 Å². The highest BCUT2D eigenvalue weighted by molar-refractivity contribution is 7.89. The van der Waals surface area contributed by atoms with E-state index in [1.807, 2.05) is 0 Å². The predicted molar refractivity (Wildman–Crippen MR) is 74.1 cm³/mol. The van der Waals surface area contributed by atoms with E-state index in [0.29, 0.717) is 26.1 Å². The van der Waals surface area contributed by atoms with Crippen molar-refractivity contribution < 1.29 is 31.8 Å². The Hall–Kier alpha value is -0.800. The molecule has 0 aromatic rings. The molecule has 1 saturated heterocycles. The zero-order chi connectivity index (χ0) is 16.4. The minimum Gasteiger partial charge on any atom is -0.481 e. The number of carboxylic acid groups (broad SMARTS) is 1. The number of ether oxygens (including phenoxy) is 1. The molecule has 2 aliphatic rings. The number of rotatable bonds is 7. The first-order valence-corrected chi connectivity index (χ1v) is 8.99. The van der Waals surface area contributed by atoms with Crippen molar-refractivity contribution in [3.63, 3.8) is 0 Å². The van der Waals surface area contributed by atoms with Crippen LogP contribution in [0.5, 0.6) is 0 Å². The summed E-state index contributed by atoms with van der Waals surface area (Å²) in [7, 11) is -3.74. The maximum Gasteiger partial charge on any atom is 0.308 e. The highest BCUT2D eigenvalue weighted by atomic mass is 32.2. The molecular weight excluding hydrogens is 320 g/mol. The van der Waals surface area contributed by atoms with E-state index in [-0.39, 0.29) is 18.2 Å². The lowest BCUT2D eigenvalue weighted by molar-refractivity contribution is -0.144. The Labute approximate surface area is 128 Å². The SMILES string of the molecule is O=C(O)C(CNS(=O)(=O)CC1CC(F)(F)C1)C1CCOCC1. The fraction of sp³-hybridized carbons (Fsp3) is 0.923. The fourth-order valence-electron chi connectivity index (χ4n) is 3.06. The van der Waals surface area contributed by atoms with Gasteiger partial charge < -0.3 is 9.84 Å². The van der Waals surface area contributed by atoms with Gasteiger partial charge >= 0.3 is 5.97 Å². The molecule has 9 heteroatoms. The number of halogens is 2. The van der Waals surface area contributed by atoms with Crippen molar-refractivity contribution >= 4 is 16.0 Å². The molecule has 0 aromatic carbocycles. The molecular formula is C13H21F2NO5S.